The van der Waals surface area contributed by atoms with Crippen molar-refractivity contribution in [2.24, 2.45) is 0 Å². The van der Waals surface area contributed by atoms with Gasteiger partial charge >= 0.3 is 0 Å². The van der Waals surface area contributed by atoms with Gasteiger partial charge in [0.2, 0.25) is 5.91 Å². The summed E-state index contributed by atoms with van der Waals surface area (Å²) in [5.74, 6) is -0.216. The SMILES string of the molecule is Cc1ccc(/C=C/C(=O)Nc2cccc(-c3ccc(=O)[nH]n3)c2)cc1. The third kappa shape index (κ3) is 4.51. The molecule has 0 aliphatic carbocycles. The van der Waals surface area contributed by atoms with Crippen molar-refractivity contribution in [3.05, 3.63) is 88.2 Å². The van der Waals surface area contributed by atoms with Crippen LogP contribution in [0.25, 0.3) is 17.3 Å². The van der Waals surface area contributed by atoms with Gasteiger partial charge in [0.1, 0.15) is 0 Å². The zero-order valence-electron chi connectivity index (χ0n) is 13.7. The molecule has 1 aromatic heterocycles. The first-order valence-electron chi connectivity index (χ1n) is 7.82. The summed E-state index contributed by atoms with van der Waals surface area (Å²) in [7, 11) is 0. The third-order valence-electron chi connectivity index (χ3n) is 3.61. The number of nitrogens with one attached hydrogen (secondary N) is 2. The Morgan fingerprint density at radius 2 is 1.88 bits per heavy atom. The van der Waals surface area contributed by atoms with Crippen molar-refractivity contribution in [3.63, 3.8) is 0 Å². The first-order valence-corrected chi connectivity index (χ1v) is 7.82. The number of aromatic nitrogens is 2. The molecule has 0 atom stereocenters. The highest BCUT2D eigenvalue weighted by Crippen LogP contribution is 2.19. The van der Waals surface area contributed by atoms with Crippen LogP contribution in [0.15, 0.2) is 71.5 Å². The Morgan fingerprint density at radius 1 is 1.08 bits per heavy atom. The normalized spacial score (nSPS) is 10.8. The summed E-state index contributed by atoms with van der Waals surface area (Å²) in [5, 5.41) is 9.20. The fraction of sp³-hybridized carbons (Fsp3) is 0.0500. The van der Waals surface area contributed by atoms with Crippen LogP contribution in [0.1, 0.15) is 11.1 Å². The van der Waals surface area contributed by atoms with Crippen LogP contribution in [-0.2, 0) is 4.79 Å². The average Bonchev–Trinajstić information content (AvgIpc) is 2.62. The largest absolute Gasteiger partial charge is 0.322 e. The maximum atomic E-state index is 12.1. The smallest absolute Gasteiger partial charge is 0.264 e. The molecule has 25 heavy (non-hydrogen) atoms. The van der Waals surface area contributed by atoms with Crippen molar-refractivity contribution in [2.45, 2.75) is 6.92 Å². The van der Waals surface area contributed by atoms with E-state index in [9.17, 15) is 9.59 Å². The van der Waals surface area contributed by atoms with Crippen LogP contribution in [0.5, 0.6) is 0 Å². The van der Waals surface area contributed by atoms with E-state index in [0.29, 0.717) is 11.4 Å². The Morgan fingerprint density at radius 3 is 2.60 bits per heavy atom. The molecule has 0 aliphatic rings. The van der Waals surface area contributed by atoms with E-state index in [1.807, 2.05) is 43.3 Å². The van der Waals surface area contributed by atoms with E-state index >= 15 is 0 Å². The topological polar surface area (TPSA) is 74.8 Å². The van der Waals surface area contributed by atoms with Gasteiger partial charge in [-0.2, -0.15) is 5.10 Å². The number of hydrogen-bond acceptors (Lipinski definition) is 3. The Bertz CT molecular complexity index is 952. The molecule has 0 fully saturated rings. The molecular formula is C20H17N3O2. The summed E-state index contributed by atoms with van der Waals surface area (Å²) in [6, 6.07) is 18.2. The maximum Gasteiger partial charge on any atom is 0.264 e. The van der Waals surface area contributed by atoms with Crippen molar-refractivity contribution in [1.29, 1.82) is 0 Å². The van der Waals surface area contributed by atoms with E-state index in [2.05, 4.69) is 15.5 Å². The van der Waals surface area contributed by atoms with Crippen LogP contribution in [0, 0.1) is 6.92 Å². The highest BCUT2D eigenvalue weighted by Gasteiger charge is 2.03. The van der Waals surface area contributed by atoms with Crippen LogP contribution >= 0.6 is 0 Å². The van der Waals surface area contributed by atoms with Crippen LogP contribution in [-0.4, -0.2) is 16.1 Å². The van der Waals surface area contributed by atoms with Gasteiger partial charge in [-0.15, -0.1) is 0 Å². The predicted octanol–water partition coefficient (Wildman–Crippen LogP) is 3.40. The van der Waals surface area contributed by atoms with Gasteiger partial charge in [0.25, 0.3) is 5.56 Å². The lowest BCUT2D eigenvalue weighted by Crippen LogP contribution is -2.08. The van der Waals surface area contributed by atoms with E-state index in [4.69, 9.17) is 0 Å². The van der Waals surface area contributed by atoms with Gasteiger partial charge < -0.3 is 5.32 Å². The number of nitrogens with zero attached hydrogens (tertiary/aromatic N) is 1. The Balaban J connectivity index is 1.71. The molecule has 2 N–H and O–H groups in total. The molecule has 2 aromatic carbocycles. The number of hydrogen-bond donors (Lipinski definition) is 2. The van der Waals surface area contributed by atoms with E-state index in [1.165, 1.54) is 17.7 Å². The molecule has 1 amide bonds. The standard InChI is InChI=1S/C20H17N3O2/c1-14-5-7-15(8-6-14)9-11-19(24)21-17-4-2-3-16(13-17)18-10-12-20(25)23-22-18/h2-13H,1H3,(H,21,24)(H,23,25)/b11-9+. The highest BCUT2D eigenvalue weighted by molar-refractivity contribution is 6.02. The third-order valence-corrected chi connectivity index (χ3v) is 3.61. The molecule has 3 rings (SSSR count). The monoisotopic (exact) mass is 331 g/mol. The van der Waals surface area contributed by atoms with E-state index < -0.39 is 0 Å². The summed E-state index contributed by atoms with van der Waals surface area (Å²) in [6.07, 6.45) is 3.26. The number of amides is 1. The summed E-state index contributed by atoms with van der Waals surface area (Å²) < 4.78 is 0. The van der Waals surface area contributed by atoms with Crippen LogP contribution in [0.3, 0.4) is 0 Å². The number of anilines is 1. The number of carbonyl (C=O) groups excluding carboxylic acids is 1. The van der Waals surface area contributed by atoms with Crippen molar-refractivity contribution in [1.82, 2.24) is 10.2 Å². The van der Waals surface area contributed by atoms with Crippen LogP contribution in [0.4, 0.5) is 5.69 Å². The Hall–Kier alpha value is -3.47. The van der Waals surface area contributed by atoms with Gasteiger partial charge in [0, 0.05) is 23.4 Å². The van der Waals surface area contributed by atoms with Crippen LogP contribution in [0.2, 0.25) is 0 Å². The second kappa shape index (κ2) is 7.40. The minimum absolute atomic E-state index is 0.216. The molecule has 0 unspecified atom stereocenters. The molecule has 5 nitrogen and oxygen atoms in total. The molecule has 0 saturated carbocycles. The Labute approximate surface area is 145 Å². The molecular weight excluding hydrogens is 314 g/mol. The van der Waals surface area contributed by atoms with E-state index in [1.54, 1.807) is 24.3 Å². The van der Waals surface area contributed by atoms with Crippen molar-refractivity contribution in [3.8, 4) is 11.3 Å². The second-order valence-electron chi connectivity index (χ2n) is 5.62. The molecule has 124 valence electrons. The van der Waals surface area contributed by atoms with E-state index in [0.717, 1.165) is 11.1 Å². The van der Waals surface area contributed by atoms with Gasteiger partial charge in [-0.25, -0.2) is 5.10 Å². The fourth-order valence-electron chi connectivity index (χ4n) is 2.29. The molecule has 3 aromatic rings. The lowest BCUT2D eigenvalue weighted by molar-refractivity contribution is -0.111. The molecule has 0 saturated heterocycles. The number of rotatable bonds is 4. The number of carbonyl (C=O) groups is 1. The predicted molar refractivity (Wildman–Crippen MR) is 99.1 cm³/mol. The number of aromatic amines is 1. The fourth-order valence-corrected chi connectivity index (χ4v) is 2.29. The summed E-state index contributed by atoms with van der Waals surface area (Å²) >= 11 is 0. The zero-order valence-corrected chi connectivity index (χ0v) is 13.7. The second-order valence-corrected chi connectivity index (χ2v) is 5.62. The van der Waals surface area contributed by atoms with Crippen molar-refractivity contribution < 1.29 is 4.79 Å². The van der Waals surface area contributed by atoms with Gasteiger partial charge in [-0.05, 0) is 36.8 Å². The van der Waals surface area contributed by atoms with Crippen LogP contribution < -0.4 is 10.9 Å². The highest BCUT2D eigenvalue weighted by atomic mass is 16.1. The van der Waals surface area contributed by atoms with Gasteiger partial charge in [-0.1, -0.05) is 42.0 Å². The molecule has 0 radical (unpaired) electrons. The first kappa shape index (κ1) is 16.4. The minimum Gasteiger partial charge on any atom is -0.322 e. The van der Waals surface area contributed by atoms with Crippen molar-refractivity contribution in [2.75, 3.05) is 5.32 Å². The van der Waals surface area contributed by atoms with Crippen molar-refractivity contribution >= 4 is 17.7 Å². The lowest BCUT2D eigenvalue weighted by Gasteiger charge is -2.05. The molecule has 0 aliphatic heterocycles. The molecule has 1 heterocycles. The lowest BCUT2D eigenvalue weighted by atomic mass is 10.1. The summed E-state index contributed by atoms with van der Waals surface area (Å²) in [5.41, 5.74) is 3.97. The number of benzene rings is 2. The van der Waals surface area contributed by atoms with E-state index in [-0.39, 0.29) is 11.5 Å². The van der Waals surface area contributed by atoms with Gasteiger partial charge in [-0.3, -0.25) is 9.59 Å². The molecule has 0 spiro atoms. The minimum atomic E-state index is -0.255. The average molecular weight is 331 g/mol. The maximum absolute atomic E-state index is 12.1. The molecule has 5 heteroatoms. The van der Waals surface area contributed by atoms with Gasteiger partial charge in [0.05, 0.1) is 5.69 Å². The zero-order chi connectivity index (χ0) is 17.6. The Kier molecular flexibility index (Phi) is 4.85. The quantitative estimate of drug-likeness (QED) is 0.720. The molecule has 0 bridgehead atoms. The first-order chi connectivity index (χ1) is 12.1. The number of aryl methyl sites for hydroxylation is 1. The van der Waals surface area contributed by atoms with Gasteiger partial charge in [0.15, 0.2) is 0 Å². The summed E-state index contributed by atoms with van der Waals surface area (Å²) in [4.78, 5) is 23.2. The number of H-pyrrole nitrogens is 1. The summed E-state index contributed by atoms with van der Waals surface area (Å²) in [6.45, 7) is 2.02.